The summed E-state index contributed by atoms with van der Waals surface area (Å²) in [5.41, 5.74) is 4.44. The monoisotopic (exact) mass is 534 g/mol. The number of nitrogens with two attached hydrogens (primary N) is 1. The normalized spacial score (nSPS) is 13.4. The van der Waals surface area contributed by atoms with E-state index in [0.717, 1.165) is 4.68 Å². The second-order valence-electron chi connectivity index (χ2n) is 9.94. The van der Waals surface area contributed by atoms with Crippen LogP contribution < -0.4 is 15.4 Å². The van der Waals surface area contributed by atoms with Crippen molar-refractivity contribution < 1.29 is 24.0 Å². The molecule has 4 rings (SSSR count). The summed E-state index contributed by atoms with van der Waals surface area (Å²) in [6.07, 6.45) is 1.09. The molecule has 1 fully saturated rings. The quantitative estimate of drug-likeness (QED) is 0.243. The molecule has 1 aromatic heterocycles. The SMILES string of the molecule is C=CCN(c1nn(-c2ccc(Oc3ccccc3)cc2)c(C(N)=O)c1[N+](=O)[O-])C1CN(C(=O)OC(C)(C)C)C1. The summed E-state index contributed by atoms with van der Waals surface area (Å²) in [5, 5.41) is 16.7. The lowest BCUT2D eigenvalue weighted by atomic mass is 10.1. The van der Waals surface area contributed by atoms with E-state index in [9.17, 15) is 19.7 Å². The van der Waals surface area contributed by atoms with E-state index in [0.29, 0.717) is 17.2 Å². The third-order valence-electron chi connectivity index (χ3n) is 5.87. The molecule has 2 heterocycles. The molecule has 39 heavy (non-hydrogen) atoms. The summed E-state index contributed by atoms with van der Waals surface area (Å²) in [4.78, 5) is 39.6. The molecule has 2 aromatic carbocycles. The first-order valence-electron chi connectivity index (χ1n) is 12.2. The van der Waals surface area contributed by atoms with Crippen LogP contribution in [0, 0.1) is 10.1 Å². The molecule has 0 unspecified atom stereocenters. The maximum atomic E-state index is 12.5. The van der Waals surface area contributed by atoms with Gasteiger partial charge in [0.05, 0.1) is 16.7 Å². The summed E-state index contributed by atoms with van der Waals surface area (Å²) in [6, 6.07) is 15.4. The fraction of sp³-hybridized carbons (Fsp3) is 0.296. The fourth-order valence-corrected chi connectivity index (χ4v) is 4.12. The van der Waals surface area contributed by atoms with Crippen LogP contribution in [0.5, 0.6) is 11.5 Å². The van der Waals surface area contributed by atoms with Crippen LogP contribution in [-0.2, 0) is 4.74 Å². The first-order chi connectivity index (χ1) is 18.5. The fourth-order valence-electron chi connectivity index (χ4n) is 4.12. The first-order valence-corrected chi connectivity index (χ1v) is 12.2. The molecular weight excluding hydrogens is 504 g/mol. The van der Waals surface area contributed by atoms with Gasteiger partial charge in [-0.1, -0.05) is 24.3 Å². The van der Waals surface area contributed by atoms with Crippen molar-refractivity contribution in [2.45, 2.75) is 32.4 Å². The second-order valence-corrected chi connectivity index (χ2v) is 9.94. The number of nitro groups is 1. The zero-order valence-electron chi connectivity index (χ0n) is 21.9. The first kappa shape index (κ1) is 27.2. The zero-order valence-corrected chi connectivity index (χ0v) is 21.9. The lowest BCUT2D eigenvalue weighted by molar-refractivity contribution is -0.384. The molecule has 0 radical (unpaired) electrons. The van der Waals surface area contributed by atoms with Gasteiger partial charge in [0.15, 0.2) is 0 Å². The van der Waals surface area contributed by atoms with E-state index in [1.54, 1.807) is 68.1 Å². The van der Waals surface area contributed by atoms with Crippen molar-refractivity contribution in [3.8, 4) is 17.2 Å². The molecule has 2 amide bonds. The smallest absolute Gasteiger partial charge is 0.410 e. The van der Waals surface area contributed by atoms with E-state index in [1.165, 1.54) is 4.90 Å². The van der Waals surface area contributed by atoms with Gasteiger partial charge in [0.2, 0.25) is 11.5 Å². The average Bonchev–Trinajstić information content (AvgIpc) is 3.24. The highest BCUT2D eigenvalue weighted by Crippen LogP contribution is 2.36. The van der Waals surface area contributed by atoms with Crippen molar-refractivity contribution in [3.63, 3.8) is 0 Å². The van der Waals surface area contributed by atoms with Crippen LogP contribution in [0.2, 0.25) is 0 Å². The Bertz CT molecular complexity index is 1370. The van der Waals surface area contributed by atoms with Crippen molar-refractivity contribution >= 4 is 23.5 Å². The van der Waals surface area contributed by atoms with Crippen LogP contribution in [0.25, 0.3) is 5.69 Å². The van der Waals surface area contributed by atoms with Gasteiger partial charge in [-0.15, -0.1) is 11.7 Å². The number of benzene rings is 2. The third kappa shape index (κ3) is 6.00. The Hall–Kier alpha value is -4.87. The minimum Gasteiger partial charge on any atom is -0.457 e. The molecule has 1 aliphatic heterocycles. The number of primary amides is 1. The molecule has 0 spiro atoms. The highest BCUT2D eigenvalue weighted by atomic mass is 16.6. The standard InChI is InChI=1S/C27H30N6O6/c1-5-15-31(19-16-30(17-19)26(35)39-27(2,3)4)25-23(33(36)37)22(24(28)34)32(29-25)18-11-13-21(14-12-18)38-20-9-7-6-8-10-20/h5-14,19H,1,15-17H2,2-4H3,(H2,28,34). The number of nitrogens with zero attached hydrogens (tertiary/aromatic N) is 5. The predicted octanol–water partition coefficient (Wildman–Crippen LogP) is 4.28. The number of carbonyl (C=O) groups excluding carboxylic acids is 2. The number of likely N-dealkylation sites (tertiary alicyclic amines) is 1. The summed E-state index contributed by atoms with van der Waals surface area (Å²) in [6.45, 7) is 9.76. The van der Waals surface area contributed by atoms with Crippen LogP contribution in [0.4, 0.5) is 16.3 Å². The molecule has 0 saturated carbocycles. The van der Waals surface area contributed by atoms with Gasteiger partial charge in [0.25, 0.3) is 5.91 Å². The van der Waals surface area contributed by atoms with Gasteiger partial charge in [-0.25, -0.2) is 9.48 Å². The lowest BCUT2D eigenvalue weighted by Crippen LogP contribution is -2.62. The summed E-state index contributed by atoms with van der Waals surface area (Å²) < 4.78 is 12.4. The summed E-state index contributed by atoms with van der Waals surface area (Å²) >= 11 is 0. The molecule has 12 heteroatoms. The number of anilines is 1. The van der Waals surface area contributed by atoms with Crippen molar-refractivity contribution in [2.24, 2.45) is 5.73 Å². The molecule has 12 nitrogen and oxygen atoms in total. The minimum absolute atomic E-state index is 0.0489. The van der Waals surface area contributed by atoms with Gasteiger partial charge in [-0.05, 0) is 57.2 Å². The maximum absolute atomic E-state index is 12.5. The minimum atomic E-state index is -1.01. The third-order valence-corrected chi connectivity index (χ3v) is 5.87. The Morgan fingerprint density at radius 2 is 1.77 bits per heavy atom. The van der Waals surface area contributed by atoms with E-state index < -0.39 is 28.2 Å². The Labute approximate surface area is 225 Å². The highest BCUT2D eigenvalue weighted by molar-refractivity contribution is 5.98. The van der Waals surface area contributed by atoms with Crippen LogP contribution in [0.15, 0.2) is 67.3 Å². The molecular formula is C27H30N6O6. The number of carbonyl (C=O) groups is 2. The second kappa shape index (κ2) is 10.9. The largest absolute Gasteiger partial charge is 0.457 e. The van der Waals surface area contributed by atoms with Crippen LogP contribution >= 0.6 is 0 Å². The molecule has 2 N–H and O–H groups in total. The van der Waals surface area contributed by atoms with Gasteiger partial charge in [0.1, 0.15) is 17.1 Å². The highest BCUT2D eigenvalue weighted by Gasteiger charge is 2.42. The molecule has 204 valence electrons. The number of aromatic nitrogens is 2. The van der Waals surface area contributed by atoms with Crippen molar-refractivity contribution in [2.75, 3.05) is 24.5 Å². The topological polar surface area (TPSA) is 146 Å². The maximum Gasteiger partial charge on any atom is 0.410 e. The molecule has 3 aromatic rings. The number of hydrogen-bond donors (Lipinski definition) is 1. The average molecular weight is 535 g/mol. The van der Waals surface area contributed by atoms with Gasteiger partial charge < -0.3 is 25.0 Å². The zero-order chi connectivity index (χ0) is 28.3. The van der Waals surface area contributed by atoms with Crippen LogP contribution in [0.1, 0.15) is 31.3 Å². The number of ether oxygens (including phenoxy) is 2. The Morgan fingerprint density at radius 3 is 2.31 bits per heavy atom. The molecule has 0 bridgehead atoms. The van der Waals surface area contributed by atoms with E-state index in [2.05, 4.69) is 11.7 Å². The summed E-state index contributed by atoms with van der Waals surface area (Å²) in [7, 11) is 0. The number of hydrogen-bond acceptors (Lipinski definition) is 8. The van der Waals surface area contributed by atoms with E-state index in [1.807, 2.05) is 18.2 Å². The van der Waals surface area contributed by atoms with Crippen molar-refractivity contribution in [1.82, 2.24) is 14.7 Å². The van der Waals surface area contributed by atoms with Gasteiger partial charge in [-0.3, -0.25) is 14.9 Å². The number of para-hydroxylation sites is 1. The number of amides is 2. The van der Waals surface area contributed by atoms with E-state index in [-0.39, 0.29) is 37.2 Å². The lowest BCUT2D eigenvalue weighted by Gasteiger charge is -2.44. The Kier molecular flexibility index (Phi) is 7.56. The van der Waals surface area contributed by atoms with Crippen LogP contribution in [0.3, 0.4) is 0 Å². The molecule has 0 aliphatic carbocycles. The van der Waals surface area contributed by atoms with Crippen molar-refractivity contribution in [3.05, 3.63) is 83.1 Å². The summed E-state index contributed by atoms with van der Waals surface area (Å²) in [5.74, 6) is 0.110. The van der Waals surface area contributed by atoms with Crippen LogP contribution in [-0.4, -0.2) is 62.9 Å². The van der Waals surface area contributed by atoms with Gasteiger partial charge in [0, 0.05) is 19.6 Å². The molecule has 1 aliphatic rings. The Balaban J connectivity index is 1.66. The predicted molar refractivity (Wildman–Crippen MR) is 144 cm³/mol. The number of rotatable bonds is 9. The van der Waals surface area contributed by atoms with E-state index >= 15 is 0 Å². The van der Waals surface area contributed by atoms with Gasteiger partial charge >= 0.3 is 11.8 Å². The van der Waals surface area contributed by atoms with E-state index in [4.69, 9.17) is 15.2 Å². The Morgan fingerprint density at radius 1 is 1.15 bits per heavy atom. The van der Waals surface area contributed by atoms with Gasteiger partial charge in [-0.2, -0.15) is 0 Å². The van der Waals surface area contributed by atoms with Crippen molar-refractivity contribution in [1.29, 1.82) is 0 Å². The molecule has 0 atom stereocenters. The molecule has 1 saturated heterocycles.